The fourth-order valence-corrected chi connectivity index (χ4v) is 4.51. The van der Waals surface area contributed by atoms with Crippen LogP contribution in [0.25, 0.3) is 0 Å². The number of nitrogens with zero attached hydrogens (tertiary/aromatic N) is 1. The van der Waals surface area contributed by atoms with E-state index >= 15 is 0 Å². The second-order valence-corrected chi connectivity index (χ2v) is 7.96. The fraction of sp³-hybridized carbons (Fsp3) is 0.632. The molecule has 1 amide bonds. The van der Waals surface area contributed by atoms with Gasteiger partial charge in [0.15, 0.2) is 0 Å². The molecule has 0 aliphatic carbocycles. The molecular weight excluding hydrogens is 368 g/mol. The number of amides is 1. The quantitative estimate of drug-likeness (QED) is 0.848. The molecule has 0 bridgehead atoms. The number of fused-ring (bicyclic) bond motifs is 1. The summed E-state index contributed by atoms with van der Waals surface area (Å²) in [5.74, 6) is 0.289. The molecule has 2 heterocycles. The second-order valence-electron chi connectivity index (χ2n) is 7.05. The molecule has 24 heavy (non-hydrogen) atoms. The maximum absolute atomic E-state index is 13.2. The van der Waals surface area contributed by atoms with Crippen molar-refractivity contribution in [3.63, 3.8) is 0 Å². The first-order valence-corrected chi connectivity index (χ1v) is 9.76. The lowest BCUT2D eigenvalue weighted by atomic mass is 9.78. The molecule has 0 spiro atoms. The van der Waals surface area contributed by atoms with E-state index in [1.807, 2.05) is 11.0 Å². The van der Waals surface area contributed by atoms with Gasteiger partial charge in [0.2, 0.25) is 5.91 Å². The van der Waals surface area contributed by atoms with E-state index in [0.717, 1.165) is 42.4 Å². The van der Waals surface area contributed by atoms with Crippen LogP contribution < -0.4 is 10.6 Å². The first-order valence-electron chi connectivity index (χ1n) is 8.97. The average Bonchev–Trinajstić information content (AvgIpc) is 2.95. The van der Waals surface area contributed by atoms with E-state index in [1.165, 1.54) is 5.56 Å². The minimum Gasteiger partial charge on any atom is -0.381 e. The molecule has 0 radical (unpaired) electrons. The molecule has 2 aliphatic rings. The van der Waals surface area contributed by atoms with Gasteiger partial charge in [0, 0.05) is 35.3 Å². The van der Waals surface area contributed by atoms with Gasteiger partial charge in [0.1, 0.15) is 0 Å². The van der Waals surface area contributed by atoms with Crippen molar-refractivity contribution in [3.05, 3.63) is 28.2 Å². The highest BCUT2D eigenvalue weighted by atomic mass is 79.9. The Kier molecular flexibility index (Phi) is 5.33. The molecule has 132 valence electrons. The second kappa shape index (κ2) is 7.14. The lowest BCUT2D eigenvalue weighted by Crippen LogP contribution is -2.50. The van der Waals surface area contributed by atoms with Gasteiger partial charge in [0.25, 0.3) is 0 Å². The van der Waals surface area contributed by atoms with E-state index in [2.05, 4.69) is 41.9 Å². The summed E-state index contributed by atoms with van der Waals surface area (Å²) in [4.78, 5) is 15.1. The van der Waals surface area contributed by atoms with Gasteiger partial charge < -0.3 is 15.4 Å². The summed E-state index contributed by atoms with van der Waals surface area (Å²) in [5, 5.41) is 0. The molecule has 1 fully saturated rings. The van der Waals surface area contributed by atoms with Gasteiger partial charge in [-0.05, 0) is 55.4 Å². The van der Waals surface area contributed by atoms with Gasteiger partial charge in [-0.25, -0.2) is 0 Å². The highest BCUT2D eigenvalue weighted by molar-refractivity contribution is 9.10. The van der Waals surface area contributed by atoms with Crippen LogP contribution in [0.1, 0.15) is 45.1 Å². The number of anilines is 1. The lowest BCUT2D eigenvalue weighted by molar-refractivity contribution is -0.121. The minimum atomic E-state index is -0.435. The number of carbonyl (C=O) groups is 1. The third kappa shape index (κ3) is 3.02. The van der Waals surface area contributed by atoms with Gasteiger partial charge in [-0.3, -0.25) is 4.79 Å². The van der Waals surface area contributed by atoms with Gasteiger partial charge in [-0.1, -0.05) is 29.8 Å². The number of halogens is 1. The highest BCUT2D eigenvalue weighted by Crippen LogP contribution is 2.46. The summed E-state index contributed by atoms with van der Waals surface area (Å²) < 4.78 is 6.47. The van der Waals surface area contributed by atoms with Crippen LogP contribution in [0, 0.1) is 5.92 Å². The van der Waals surface area contributed by atoms with Crippen LogP contribution in [0.15, 0.2) is 22.7 Å². The molecule has 2 aliphatic heterocycles. The molecule has 1 unspecified atom stereocenters. The van der Waals surface area contributed by atoms with E-state index in [-0.39, 0.29) is 17.2 Å². The predicted molar refractivity (Wildman–Crippen MR) is 100 cm³/mol. The van der Waals surface area contributed by atoms with Crippen LogP contribution in [0.5, 0.6) is 0 Å². The third-order valence-corrected chi connectivity index (χ3v) is 6.45. The minimum absolute atomic E-state index is 0.0319. The number of nitrogens with two attached hydrogens (primary N) is 1. The third-order valence-electron chi connectivity index (χ3n) is 5.96. The zero-order valence-electron chi connectivity index (χ0n) is 14.6. The standard InChI is InChI=1S/C19H27BrN2O2/c1-3-19(4-2)12-22(16-6-5-14(20)11-15(16)19)18(23)17(21)13-7-9-24-10-8-13/h5-6,11,13,17H,3-4,7-10,12,21H2,1-2H3. The van der Waals surface area contributed by atoms with Crippen LogP contribution in [0.2, 0.25) is 0 Å². The average molecular weight is 395 g/mol. The number of rotatable bonds is 4. The summed E-state index contributed by atoms with van der Waals surface area (Å²) in [6, 6.07) is 5.81. The van der Waals surface area contributed by atoms with Crippen LogP contribution in [0.3, 0.4) is 0 Å². The van der Waals surface area contributed by atoms with E-state index in [4.69, 9.17) is 10.5 Å². The molecule has 0 saturated carbocycles. The van der Waals surface area contributed by atoms with Crippen LogP contribution >= 0.6 is 15.9 Å². The summed E-state index contributed by atoms with van der Waals surface area (Å²) in [5.41, 5.74) is 8.72. The van der Waals surface area contributed by atoms with Crippen LogP contribution in [-0.4, -0.2) is 31.7 Å². The Morgan fingerprint density at radius 3 is 2.67 bits per heavy atom. The monoisotopic (exact) mass is 394 g/mol. The van der Waals surface area contributed by atoms with E-state index < -0.39 is 6.04 Å². The maximum Gasteiger partial charge on any atom is 0.244 e. The Bertz CT molecular complexity index is 609. The van der Waals surface area contributed by atoms with E-state index in [9.17, 15) is 4.79 Å². The summed E-state index contributed by atoms with van der Waals surface area (Å²) in [6.07, 6.45) is 3.79. The van der Waals surface area contributed by atoms with Crippen molar-refractivity contribution in [1.82, 2.24) is 0 Å². The van der Waals surface area contributed by atoms with Crippen molar-refractivity contribution >= 4 is 27.5 Å². The predicted octanol–water partition coefficient (Wildman–Crippen LogP) is 3.61. The number of carbonyl (C=O) groups excluding carboxylic acids is 1. The van der Waals surface area contributed by atoms with Crippen LogP contribution in [-0.2, 0) is 14.9 Å². The Hall–Kier alpha value is -0.910. The molecule has 3 rings (SSSR count). The van der Waals surface area contributed by atoms with Gasteiger partial charge in [-0.2, -0.15) is 0 Å². The molecule has 1 atom stereocenters. The van der Waals surface area contributed by atoms with Crippen molar-refractivity contribution in [2.24, 2.45) is 11.7 Å². The zero-order valence-corrected chi connectivity index (χ0v) is 16.1. The number of hydrogen-bond donors (Lipinski definition) is 1. The van der Waals surface area contributed by atoms with E-state index in [1.54, 1.807) is 0 Å². The molecule has 0 aromatic heterocycles. The Balaban J connectivity index is 1.90. The number of hydrogen-bond acceptors (Lipinski definition) is 3. The molecular formula is C19H27BrN2O2. The Morgan fingerprint density at radius 2 is 2.04 bits per heavy atom. The van der Waals surface area contributed by atoms with E-state index in [0.29, 0.717) is 13.2 Å². The normalized spacial score (nSPS) is 21.6. The summed E-state index contributed by atoms with van der Waals surface area (Å²) >= 11 is 3.58. The topological polar surface area (TPSA) is 55.6 Å². The summed E-state index contributed by atoms with van der Waals surface area (Å²) in [6.45, 7) is 6.58. The molecule has 1 aromatic carbocycles. The first kappa shape index (κ1) is 17.9. The number of ether oxygens (including phenoxy) is 1. The van der Waals surface area contributed by atoms with Crippen LogP contribution in [0.4, 0.5) is 5.69 Å². The van der Waals surface area contributed by atoms with Gasteiger partial charge >= 0.3 is 0 Å². The molecule has 1 saturated heterocycles. The Morgan fingerprint density at radius 1 is 1.38 bits per heavy atom. The molecule has 2 N–H and O–H groups in total. The van der Waals surface area contributed by atoms with Crippen molar-refractivity contribution in [2.45, 2.75) is 51.0 Å². The first-order chi connectivity index (χ1) is 11.5. The maximum atomic E-state index is 13.2. The highest BCUT2D eigenvalue weighted by Gasteiger charge is 2.44. The SMILES string of the molecule is CCC1(CC)CN(C(=O)C(N)C2CCOCC2)c2ccc(Br)cc21. The van der Waals surface area contributed by atoms with Gasteiger partial charge in [0.05, 0.1) is 6.04 Å². The lowest BCUT2D eigenvalue weighted by Gasteiger charge is -2.31. The summed E-state index contributed by atoms with van der Waals surface area (Å²) in [7, 11) is 0. The van der Waals surface area contributed by atoms with Gasteiger partial charge in [-0.15, -0.1) is 0 Å². The Labute approximate surface area is 152 Å². The molecule has 1 aromatic rings. The largest absolute Gasteiger partial charge is 0.381 e. The number of benzene rings is 1. The smallest absolute Gasteiger partial charge is 0.244 e. The van der Waals surface area contributed by atoms with Crippen molar-refractivity contribution in [3.8, 4) is 0 Å². The fourth-order valence-electron chi connectivity index (χ4n) is 4.15. The molecule has 4 nitrogen and oxygen atoms in total. The van der Waals surface area contributed by atoms with Crippen molar-refractivity contribution < 1.29 is 9.53 Å². The van der Waals surface area contributed by atoms with Crippen molar-refractivity contribution in [2.75, 3.05) is 24.7 Å². The van der Waals surface area contributed by atoms with Crippen molar-refractivity contribution in [1.29, 1.82) is 0 Å². The zero-order chi connectivity index (χ0) is 17.3. The molecule has 5 heteroatoms.